The van der Waals surface area contributed by atoms with Gasteiger partial charge in [-0.1, -0.05) is 6.92 Å². The summed E-state index contributed by atoms with van der Waals surface area (Å²) in [4.78, 5) is 3.17. The van der Waals surface area contributed by atoms with E-state index in [1.807, 2.05) is 11.3 Å². The lowest BCUT2D eigenvalue weighted by Crippen LogP contribution is -2.27. The van der Waals surface area contributed by atoms with Crippen molar-refractivity contribution in [3.05, 3.63) is 21.4 Å². The van der Waals surface area contributed by atoms with Gasteiger partial charge < -0.3 is 10.6 Å². The van der Waals surface area contributed by atoms with Gasteiger partial charge in [-0.2, -0.15) is 0 Å². The van der Waals surface area contributed by atoms with Crippen LogP contribution in [-0.4, -0.2) is 19.6 Å². The van der Waals surface area contributed by atoms with Crippen molar-refractivity contribution in [1.29, 1.82) is 0 Å². The van der Waals surface area contributed by atoms with Gasteiger partial charge in [-0.25, -0.2) is 0 Å². The molecule has 0 saturated carbocycles. The molecule has 96 valence electrons. The van der Waals surface area contributed by atoms with Crippen LogP contribution in [0.2, 0.25) is 0 Å². The third-order valence-electron chi connectivity index (χ3n) is 3.25. The highest BCUT2D eigenvalue weighted by Gasteiger charge is 2.12. The molecule has 1 heterocycles. The van der Waals surface area contributed by atoms with Crippen molar-refractivity contribution in [3.63, 3.8) is 0 Å². The molecule has 0 bridgehead atoms. The summed E-state index contributed by atoms with van der Waals surface area (Å²) in [5, 5.41) is 6.93. The minimum absolute atomic E-state index is 1.05. The summed E-state index contributed by atoms with van der Waals surface area (Å²) >= 11 is 2.02. The van der Waals surface area contributed by atoms with E-state index in [2.05, 4.69) is 23.6 Å². The maximum absolute atomic E-state index is 3.52. The van der Waals surface area contributed by atoms with Gasteiger partial charge in [-0.3, -0.25) is 0 Å². The molecular formula is C14H24N2S. The summed E-state index contributed by atoms with van der Waals surface area (Å²) < 4.78 is 0. The van der Waals surface area contributed by atoms with E-state index in [0.717, 1.165) is 26.2 Å². The van der Waals surface area contributed by atoms with Gasteiger partial charge in [0.1, 0.15) is 0 Å². The first-order valence-electron chi connectivity index (χ1n) is 6.92. The zero-order chi connectivity index (χ0) is 11.9. The second-order valence-corrected chi connectivity index (χ2v) is 6.02. The number of aryl methyl sites for hydroxylation is 2. The number of hydrogen-bond acceptors (Lipinski definition) is 3. The molecule has 2 rings (SSSR count). The van der Waals surface area contributed by atoms with Gasteiger partial charge >= 0.3 is 0 Å². The Balaban J connectivity index is 1.67. The zero-order valence-corrected chi connectivity index (χ0v) is 11.7. The number of nitrogens with one attached hydrogen (secondary N) is 2. The summed E-state index contributed by atoms with van der Waals surface area (Å²) in [6.07, 6.45) is 6.62. The van der Waals surface area contributed by atoms with Crippen LogP contribution < -0.4 is 10.6 Å². The van der Waals surface area contributed by atoms with E-state index in [-0.39, 0.29) is 0 Å². The molecule has 1 aliphatic rings. The Hall–Kier alpha value is -0.380. The normalized spacial score (nSPS) is 14.9. The molecule has 0 saturated heterocycles. The summed E-state index contributed by atoms with van der Waals surface area (Å²) in [5.74, 6) is 0. The van der Waals surface area contributed by atoms with Crippen LogP contribution in [0.3, 0.4) is 0 Å². The summed E-state index contributed by atoms with van der Waals surface area (Å²) in [6, 6.07) is 2.42. The maximum Gasteiger partial charge on any atom is 0.0300 e. The summed E-state index contributed by atoms with van der Waals surface area (Å²) in [7, 11) is 0. The van der Waals surface area contributed by atoms with E-state index in [1.54, 1.807) is 10.4 Å². The van der Waals surface area contributed by atoms with Gasteiger partial charge in [0.2, 0.25) is 0 Å². The molecule has 3 heteroatoms. The molecule has 2 nitrogen and oxygen atoms in total. The fourth-order valence-electron chi connectivity index (χ4n) is 2.33. The van der Waals surface area contributed by atoms with Crippen molar-refractivity contribution in [2.45, 2.75) is 45.6 Å². The van der Waals surface area contributed by atoms with Crippen molar-refractivity contribution < 1.29 is 0 Å². The van der Waals surface area contributed by atoms with Crippen LogP contribution in [0, 0.1) is 0 Å². The second kappa shape index (κ2) is 7.14. The molecule has 1 aromatic rings. The van der Waals surface area contributed by atoms with Gasteiger partial charge in [-0.15, -0.1) is 11.3 Å². The van der Waals surface area contributed by atoms with Crippen LogP contribution in [-0.2, 0) is 19.4 Å². The maximum atomic E-state index is 3.52. The largest absolute Gasteiger partial charge is 0.315 e. The van der Waals surface area contributed by atoms with Crippen LogP contribution in [0.5, 0.6) is 0 Å². The van der Waals surface area contributed by atoms with Crippen molar-refractivity contribution in [1.82, 2.24) is 10.6 Å². The van der Waals surface area contributed by atoms with E-state index in [4.69, 9.17) is 0 Å². The minimum atomic E-state index is 1.05. The molecule has 0 fully saturated rings. The number of thiophene rings is 1. The SMILES string of the molecule is CCCNCCNCc1cc2c(s1)CCCC2. The van der Waals surface area contributed by atoms with Crippen LogP contribution >= 0.6 is 11.3 Å². The minimum Gasteiger partial charge on any atom is -0.315 e. The quantitative estimate of drug-likeness (QED) is 0.729. The monoisotopic (exact) mass is 252 g/mol. The Kier molecular flexibility index (Phi) is 5.49. The van der Waals surface area contributed by atoms with Gasteiger partial charge in [0, 0.05) is 29.4 Å². The van der Waals surface area contributed by atoms with Gasteiger partial charge in [0.05, 0.1) is 0 Å². The van der Waals surface area contributed by atoms with E-state index in [1.165, 1.54) is 37.0 Å². The summed E-state index contributed by atoms with van der Waals surface area (Å²) in [5.41, 5.74) is 1.63. The molecule has 0 aliphatic heterocycles. The van der Waals surface area contributed by atoms with Crippen molar-refractivity contribution in [2.75, 3.05) is 19.6 Å². The van der Waals surface area contributed by atoms with Gasteiger partial charge in [-0.05, 0) is 50.3 Å². The van der Waals surface area contributed by atoms with E-state index < -0.39 is 0 Å². The lowest BCUT2D eigenvalue weighted by molar-refractivity contribution is 0.609. The number of hydrogen-bond donors (Lipinski definition) is 2. The molecule has 1 aromatic heterocycles. The molecule has 2 N–H and O–H groups in total. The Morgan fingerprint density at radius 3 is 2.76 bits per heavy atom. The Bertz CT molecular complexity index is 309. The van der Waals surface area contributed by atoms with Crippen LogP contribution in [0.4, 0.5) is 0 Å². The van der Waals surface area contributed by atoms with Crippen molar-refractivity contribution in [2.24, 2.45) is 0 Å². The van der Waals surface area contributed by atoms with Crippen LogP contribution in [0.15, 0.2) is 6.07 Å². The molecule has 0 amide bonds. The van der Waals surface area contributed by atoms with Crippen molar-refractivity contribution in [3.8, 4) is 0 Å². The highest BCUT2D eigenvalue weighted by Crippen LogP contribution is 2.29. The Labute approximate surface area is 109 Å². The lowest BCUT2D eigenvalue weighted by Gasteiger charge is -2.08. The third-order valence-corrected chi connectivity index (χ3v) is 4.49. The van der Waals surface area contributed by atoms with Gasteiger partial charge in [0.15, 0.2) is 0 Å². The second-order valence-electron chi connectivity index (χ2n) is 4.80. The van der Waals surface area contributed by atoms with Crippen LogP contribution in [0.25, 0.3) is 0 Å². The molecule has 0 unspecified atom stereocenters. The smallest absolute Gasteiger partial charge is 0.0300 e. The zero-order valence-electron chi connectivity index (χ0n) is 10.8. The fourth-order valence-corrected chi connectivity index (χ4v) is 3.56. The Morgan fingerprint density at radius 2 is 1.94 bits per heavy atom. The van der Waals surface area contributed by atoms with Crippen molar-refractivity contribution >= 4 is 11.3 Å². The van der Waals surface area contributed by atoms with E-state index >= 15 is 0 Å². The molecule has 1 aliphatic carbocycles. The molecule has 0 spiro atoms. The fraction of sp³-hybridized carbons (Fsp3) is 0.714. The third kappa shape index (κ3) is 4.09. The van der Waals surface area contributed by atoms with Gasteiger partial charge in [0.25, 0.3) is 0 Å². The van der Waals surface area contributed by atoms with E-state index in [0.29, 0.717) is 0 Å². The number of fused-ring (bicyclic) bond motifs is 1. The lowest BCUT2D eigenvalue weighted by atomic mass is 9.99. The van der Waals surface area contributed by atoms with E-state index in [9.17, 15) is 0 Å². The molecule has 0 atom stereocenters. The first-order chi connectivity index (χ1) is 8.40. The molecule has 0 aromatic carbocycles. The van der Waals surface area contributed by atoms with Crippen LogP contribution in [0.1, 0.15) is 41.5 Å². The molecule has 17 heavy (non-hydrogen) atoms. The first-order valence-corrected chi connectivity index (χ1v) is 7.73. The topological polar surface area (TPSA) is 24.1 Å². The first kappa shape index (κ1) is 13.1. The number of rotatable bonds is 7. The highest BCUT2D eigenvalue weighted by atomic mass is 32.1. The average molecular weight is 252 g/mol. The highest BCUT2D eigenvalue weighted by molar-refractivity contribution is 7.12. The standard InChI is InChI=1S/C14H24N2S/c1-2-7-15-8-9-16-11-13-10-12-5-3-4-6-14(12)17-13/h10,15-16H,2-9,11H2,1H3. The predicted octanol–water partition coefficient (Wildman–Crippen LogP) is 2.72. The summed E-state index contributed by atoms with van der Waals surface area (Å²) in [6.45, 7) is 6.54. The predicted molar refractivity (Wildman–Crippen MR) is 75.8 cm³/mol. The molecular weight excluding hydrogens is 228 g/mol. The molecule has 0 radical (unpaired) electrons. The Morgan fingerprint density at radius 1 is 1.12 bits per heavy atom. The average Bonchev–Trinajstić information content (AvgIpc) is 2.76.